The highest BCUT2D eigenvalue weighted by atomic mass is 16.3. The van der Waals surface area contributed by atoms with E-state index in [1.54, 1.807) is 12.4 Å². The van der Waals surface area contributed by atoms with Crippen LogP contribution in [0.15, 0.2) is 36.7 Å². The Morgan fingerprint density at radius 1 is 0.938 bits per heavy atom. The molecule has 4 heteroatoms. The minimum Gasteiger partial charge on any atom is -0.506 e. The molecule has 3 rings (SSSR count). The van der Waals surface area contributed by atoms with Crippen LogP contribution in [-0.2, 0) is 0 Å². The van der Waals surface area contributed by atoms with Crippen LogP contribution in [0, 0.1) is 0 Å². The van der Waals surface area contributed by atoms with Gasteiger partial charge in [0.15, 0.2) is 0 Å². The van der Waals surface area contributed by atoms with Crippen LogP contribution in [0.2, 0.25) is 0 Å². The van der Waals surface area contributed by atoms with Gasteiger partial charge in [-0.1, -0.05) is 6.07 Å². The van der Waals surface area contributed by atoms with Crippen LogP contribution in [0.1, 0.15) is 0 Å². The number of benzene rings is 1. The maximum Gasteiger partial charge on any atom is 0.145 e. The van der Waals surface area contributed by atoms with E-state index in [0.29, 0.717) is 5.52 Å². The van der Waals surface area contributed by atoms with Crippen molar-refractivity contribution in [2.24, 2.45) is 0 Å². The molecule has 1 aromatic carbocycles. The summed E-state index contributed by atoms with van der Waals surface area (Å²) in [4.78, 5) is 8.56. The van der Waals surface area contributed by atoms with Gasteiger partial charge in [-0.05, 0) is 29.0 Å². The molecule has 2 heterocycles. The first kappa shape index (κ1) is 9.15. The Balaban J connectivity index is 2.69. The van der Waals surface area contributed by atoms with E-state index in [1.807, 2.05) is 32.1 Å². The standard InChI is InChI=1S/C12H9BN2O/c13-9-7-3-1-5-14-10(7)8-4-2-6-15-11(8)12(9)16/h1-6,16H,13H2. The average Bonchev–Trinajstić information content (AvgIpc) is 2.36. The summed E-state index contributed by atoms with van der Waals surface area (Å²) in [5, 5.41) is 11.9. The highest BCUT2D eigenvalue weighted by Gasteiger charge is 2.10. The van der Waals surface area contributed by atoms with Crippen LogP contribution >= 0.6 is 0 Å². The van der Waals surface area contributed by atoms with Crippen molar-refractivity contribution < 1.29 is 5.11 Å². The van der Waals surface area contributed by atoms with Gasteiger partial charge in [0.05, 0.1) is 5.52 Å². The first-order valence-electron chi connectivity index (χ1n) is 5.10. The van der Waals surface area contributed by atoms with Gasteiger partial charge in [0.1, 0.15) is 19.1 Å². The van der Waals surface area contributed by atoms with Gasteiger partial charge in [-0.2, -0.15) is 0 Å². The molecule has 2 aromatic heterocycles. The number of nitrogens with zero attached hydrogens (tertiary/aromatic N) is 2. The Hall–Kier alpha value is -2.10. The molecule has 0 amide bonds. The Morgan fingerprint density at radius 3 is 2.31 bits per heavy atom. The summed E-state index contributed by atoms with van der Waals surface area (Å²) in [7, 11) is 1.88. The van der Waals surface area contributed by atoms with E-state index < -0.39 is 0 Å². The third-order valence-corrected chi connectivity index (χ3v) is 2.85. The Kier molecular flexibility index (Phi) is 1.83. The number of aromatic hydroxyl groups is 1. The molecule has 76 valence electrons. The lowest BCUT2D eigenvalue weighted by Gasteiger charge is -2.08. The molecule has 0 aliphatic heterocycles. The first-order chi connectivity index (χ1) is 7.79. The lowest BCUT2D eigenvalue weighted by atomic mass is 9.88. The summed E-state index contributed by atoms with van der Waals surface area (Å²) in [5.41, 5.74) is 2.33. The molecule has 0 saturated heterocycles. The molecule has 0 aliphatic carbocycles. The highest BCUT2D eigenvalue weighted by Crippen LogP contribution is 2.26. The van der Waals surface area contributed by atoms with E-state index in [1.165, 1.54) is 0 Å². The second kappa shape index (κ2) is 3.20. The molecule has 0 fully saturated rings. The first-order valence-corrected chi connectivity index (χ1v) is 5.10. The number of phenols is 1. The number of aromatic nitrogens is 2. The zero-order valence-electron chi connectivity index (χ0n) is 8.81. The van der Waals surface area contributed by atoms with E-state index in [9.17, 15) is 5.11 Å². The fourth-order valence-corrected chi connectivity index (χ4v) is 2.01. The van der Waals surface area contributed by atoms with E-state index in [4.69, 9.17) is 0 Å². The summed E-state index contributed by atoms with van der Waals surface area (Å²) < 4.78 is 0. The number of fused-ring (bicyclic) bond motifs is 3. The predicted molar refractivity (Wildman–Crippen MR) is 66.9 cm³/mol. The van der Waals surface area contributed by atoms with E-state index in [2.05, 4.69) is 9.97 Å². The molecule has 0 saturated carbocycles. The third kappa shape index (κ3) is 1.10. The molecular weight excluding hydrogens is 199 g/mol. The lowest BCUT2D eigenvalue weighted by molar-refractivity contribution is 0.485. The van der Waals surface area contributed by atoms with Gasteiger partial charge in [-0.25, -0.2) is 0 Å². The molecular formula is C12H9BN2O. The van der Waals surface area contributed by atoms with Gasteiger partial charge in [0.25, 0.3) is 0 Å². The normalized spacial score (nSPS) is 11.0. The number of pyridine rings is 2. The van der Waals surface area contributed by atoms with Gasteiger partial charge in [-0.3, -0.25) is 9.97 Å². The summed E-state index contributed by atoms with van der Waals surface area (Å²) in [6.45, 7) is 0. The third-order valence-electron chi connectivity index (χ3n) is 2.85. The maximum atomic E-state index is 10.1. The molecule has 16 heavy (non-hydrogen) atoms. The summed E-state index contributed by atoms with van der Waals surface area (Å²) >= 11 is 0. The molecule has 0 bridgehead atoms. The van der Waals surface area contributed by atoms with Crippen molar-refractivity contribution in [3.8, 4) is 5.75 Å². The molecule has 3 nitrogen and oxygen atoms in total. The van der Waals surface area contributed by atoms with E-state index in [-0.39, 0.29) is 5.75 Å². The second-order valence-electron chi connectivity index (χ2n) is 3.77. The number of hydrogen-bond acceptors (Lipinski definition) is 3. The Morgan fingerprint density at radius 2 is 1.56 bits per heavy atom. The SMILES string of the molecule is Bc1c(O)c2ncccc2c2ncccc12. The average molecular weight is 208 g/mol. The van der Waals surface area contributed by atoms with Gasteiger partial charge in [0.2, 0.25) is 0 Å². The largest absolute Gasteiger partial charge is 0.506 e. The topological polar surface area (TPSA) is 46.0 Å². The van der Waals surface area contributed by atoms with Crippen molar-refractivity contribution in [1.29, 1.82) is 0 Å². The van der Waals surface area contributed by atoms with Crippen LogP contribution in [0.25, 0.3) is 21.8 Å². The van der Waals surface area contributed by atoms with Crippen molar-refractivity contribution in [2.45, 2.75) is 0 Å². The van der Waals surface area contributed by atoms with Gasteiger partial charge >= 0.3 is 0 Å². The van der Waals surface area contributed by atoms with Crippen LogP contribution < -0.4 is 5.46 Å². The van der Waals surface area contributed by atoms with Gasteiger partial charge < -0.3 is 5.11 Å². The molecule has 0 atom stereocenters. The molecule has 0 spiro atoms. The Bertz CT molecular complexity index is 636. The van der Waals surface area contributed by atoms with Gasteiger partial charge in [0, 0.05) is 17.8 Å². The zero-order chi connectivity index (χ0) is 11.1. The molecule has 0 aliphatic rings. The Labute approximate surface area is 93.2 Å². The van der Waals surface area contributed by atoms with Crippen LogP contribution in [-0.4, -0.2) is 22.9 Å². The molecule has 0 unspecified atom stereocenters. The van der Waals surface area contributed by atoms with Crippen molar-refractivity contribution in [2.75, 3.05) is 0 Å². The number of rotatable bonds is 0. The van der Waals surface area contributed by atoms with Gasteiger partial charge in [-0.15, -0.1) is 0 Å². The highest BCUT2D eigenvalue weighted by molar-refractivity contribution is 6.43. The van der Waals surface area contributed by atoms with Crippen molar-refractivity contribution in [1.82, 2.24) is 9.97 Å². The van der Waals surface area contributed by atoms with Crippen LogP contribution in [0.5, 0.6) is 5.75 Å². The van der Waals surface area contributed by atoms with E-state index in [0.717, 1.165) is 21.8 Å². The number of phenolic OH excluding ortho intramolecular Hbond substituents is 1. The smallest absolute Gasteiger partial charge is 0.145 e. The fraction of sp³-hybridized carbons (Fsp3) is 0. The van der Waals surface area contributed by atoms with Crippen molar-refractivity contribution >= 4 is 35.1 Å². The van der Waals surface area contributed by atoms with Crippen molar-refractivity contribution in [3.05, 3.63) is 36.7 Å². The molecule has 1 N–H and O–H groups in total. The number of hydrogen-bond donors (Lipinski definition) is 1. The maximum absolute atomic E-state index is 10.1. The molecule has 0 radical (unpaired) electrons. The quantitative estimate of drug-likeness (QED) is 0.438. The summed E-state index contributed by atoms with van der Waals surface area (Å²) in [6.07, 6.45) is 3.43. The fourth-order valence-electron chi connectivity index (χ4n) is 2.01. The molecule has 3 aromatic rings. The second-order valence-corrected chi connectivity index (χ2v) is 3.77. The minimum absolute atomic E-state index is 0.246. The lowest BCUT2D eigenvalue weighted by Crippen LogP contribution is -2.06. The van der Waals surface area contributed by atoms with Crippen molar-refractivity contribution in [3.63, 3.8) is 0 Å². The van der Waals surface area contributed by atoms with E-state index >= 15 is 0 Å². The summed E-state index contributed by atoms with van der Waals surface area (Å²) in [6, 6.07) is 7.61. The van der Waals surface area contributed by atoms with Crippen LogP contribution in [0.3, 0.4) is 0 Å². The van der Waals surface area contributed by atoms with Crippen LogP contribution in [0.4, 0.5) is 0 Å². The zero-order valence-corrected chi connectivity index (χ0v) is 8.81. The predicted octanol–water partition coefficient (Wildman–Crippen LogP) is 0.747. The monoisotopic (exact) mass is 208 g/mol. The minimum atomic E-state index is 0.246. The summed E-state index contributed by atoms with van der Waals surface area (Å²) in [5.74, 6) is 0.246.